The summed E-state index contributed by atoms with van der Waals surface area (Å²) in [5.74, 6) is -0.191. The minimum atomic E-state index is -0.191. The van der Waals surface area contributed by atoms with Crippen LogP contribution in [0.1, 0.15) is 24.9 Å². The molecule has 0 saturated carbocycles. The molecule has 110 valence electrons. The van der Waals surface area contributed by atoms with Crippen LogP contribution in [0.15, 0.2) is 22.7 Å². The van der Waals surface area contributed by atoms with Gasteiger partial charge in [0.15, 0.2) is 0 Å². The minimum Gasteiger partial charge on any atom is -0.314 e. The molecule has 0 bridgehead atoms. The zero-order valence-electron chi connectivity index (χ0n) is 10.9. The molecule has 2 nitrogen and oxygen atoms in total. The van der Waals surface area contributed by atoms with Crippen LogP contribution in [-0.2, 0) is 0 Å². The average molecular weight is 374 g/mol. The second-order valence-electron chi connectivity index (χ2n) is 4.38. The van der Waals surface area contributed by atoms with Gasteiger partial charge in [-0.1, -0.05) is 13.0 Å². The van der Waals surface area contributed by atoms with Crippen molar-refractivity contribution in [3.8, 4) is 0 Å². The van der Waals surface area contributed by atoms with Crippen LogP contribution in [0.2, 0.25) is 0 Å². The number of hydrogen-bond acceptors (Lipinski definition) is 2. The van der Waals surface area contributed by atoms with E-state index in [0.717, 1.165) is 32.6 Å². The maximum absolute atomic E-state index is 13.2. The Morgan fingerprint density at radius 2 is 1.95 bits per heavy atom. The summed E-state index contributed by atoms with van der Waals surface area (Å²) in [4.78, 5) is 2.47. The Balaban J connectivity index is 0.00000162. The summed E-state index contributed by atoms with van der Waals surface area (Å²) in [5.41, 5.74) is 1.20. The molecule has 1 saturated heterocycles. The van der Waals surface area contributed by atoms with Crippen molar-refractivity contribution in [1.82, 2.24) is 10.2 Å². The lowest BCUT2D eigenvalue weighted by Crippen LogP contribution is -2.45. The number of hydrogen-bond donors (Lipinski definition) is 1. The predicted molar refractivity (Wildman–Crippen MR) is 86.1 cm³/mol. The van der Waals surface area contributed by atoms with Gasteiger partial charge >= 0.3 is 0 Å². The largest absolute Gasteiger partial charge is 0.314 e. The average Bonchev–Trinajstić information content (AvgIpc) is 2.36. The maximum atomic E-state index is 13.2. The molecule has 1 aromatic carbocycles. The summed E-state index contributed by atoms with van der Waals surface area (Å²) in [6.07, 6.45) is 1.05. The highest BCUT2D eigenvalue weighted by atomic mass is 79.9. The molecule has 1 heterocycles. The normalized spacial score (nSPS) is 17.2. The summed E-state index contributed by atoms with van der Waals surface area (Å²) in [7, 11) is 0. The molecule has 19 heavy (non-hydrogen) atoms. The van der Waals surface area contributed by atoms with Gasteiger partial charge in [0.2, 0.25) is 0 Å². The highest BCUT2D eigenvalue weighted by Crippen LogP contribution is 2.27. The third kappa shape index (κ3) is 4.87. The monoisotopic (exact) mass is 372 g/mol. The van der Waals surface area contributed by atoms with Gasteiger partial charge in [-0.25, -0.2) is 4.39 Å². The second-order valence-corrected chi connectivity index (χ2v) is 5.24. The number of piperazine rings is 1. The number of halogens is 4. The van der Waals surface area contributed by atoms with E-state index in [-0.39, 0.29) is 30.6 Å². The smallest absolute Gasteiger partial charge is 0.137 e. The fourth-order valence-electron chi connectivity index (χ4n) is 2.42. The van der Waals surface area contributed by atoms with E-state index in [1.165, 1.54) is 5.56 Å². The molecular weight excluding hydrogens is 354 g/mol. The first-order valence-corrected chi connectivity index (χ1v) is 6.91. The van der Waals surface area contributed by atoms with Gasteiger partial charge in [-0.05, 0) is 40.0 Å². The fraction of sp³-hybridized carbons (Fsp3) is 0.538. The Bertz CT molecular complexity index is 387. The van der Waals surface area contributed by atoms with Crippen LogP contribution in [-0.4, -0.2) is 31.1 Å². The van der Waals surface area contributed by atoms with Crippen LogP contribution < -0.4 is 5.32 Å². The van der Waals surface area contributed by atoms with Gasteiger partial charge in [0, 0.05) is 32.2 Å². The van der Waals surface area contributed by atoms with Gasteiger partial charge in [-0.2, -0.15) is 0 Å². The van der Waals surface area contributed by atoms with Gasteiger partial charge in [0.05, 0.1) is 4.47 Å². The summed E-state index contributed by atoms with van der Waals surface area (Å²) in [6, 6.07) is 5.75. The van der Waals surface area contributed by atoms with Crippen LogP contribution in [0.25, 0.3) is 0 Å². The molecule has 6 heteroatoms. The van der Waals surface area contributed by atoms with E-state index in [1.807, 2.05) is 12.1 Å². The Kier molecular flexibility index (Phi) is 9.20. The topological polar surface area (TPSA) is 15.3 Å². The summed E-state index contributed by atoms with van der Waals surface area (Å²) in [6.45, 7) is 6.39. The summed E-state index contributed by atoms with van der Waals surface area (Å²) < 4.78 is 13.8. The number of benzene rings is 1. The van der Waals surface area contributed by atoms with Crippen LogP contribution in [0.5, 0.6) is 0 Å². The maximum Gasteiger partial charge on any atom is 0.137 e. The molecular formula is C13H20BrCl2FN2. The van der Waals surface area contributed by atoms with Crippen molar-refractivity contribution in [3.05, 3.63) is 34.1 Å². The highest BCUT2D eigenvalue weighted by molar-refractivity contribution is 9.10. The van der Waals surface area contributed by atoms with Crippen LogP contribution in [0.3, 0.4) is 0 Å². The predicted octanol–water partition coefficient (Wildman–Crippen LogP) is 3.79. The van der Waals surface area contributed by atoms with Gasteiger partial charge in [0.25, 0.3) is 0 Å². The van der Waals surface area contributed by atoms with Crippen LogP contribution in [0.4, 0.5) is 4.39 Å². The number of rotatable bonds is 3. The molecule has 1 aliphatic rings. The minimum absolute atomic E-state index is 0. The van der Waals surface area contributed by atoms with Crippen molar-refractivity contribution in [1.29, 1.82) is 0 Å². The van der Waals surface area contributed by atoms with E-state index < -0.39 is 0 Å². The quantitative estimate of drug-likeness (QED) is 0.867. The Morgan fingerprint density at radius 1 is 1.32 bits per heavy atom. The van der Waals surface area contributed by atoms with Crippen molar-refractivity contribution in [3.63, 3.8) is 0 Å². The molecule has 0 amide bonds. The second kappa shape index (κ2) is 9.14. The Hall–Kier alpha value is 0.130. The molecule has 1 aromatic rings. The first-order chi connectivity index (χ1) is 8.22. The molecule has 2 rings (SSSR count). The number of nitrogens with zero attached hydrogens (tertiary/aromatic N) is 1. The van der Waals surface area contributed by atoms with Crippen molar-refractivity contribution >= 4 is 40.7 Å². The van der Waals surface area contributed by atoms with Crippen molar-refractivity contribution in [2.45, 2.75) is 19.4 Å². The lowest BCUT2D eigenvalue weighted by molar-refractivity contribution is 0.169. The Labute approximate surface area is 135 Å². The van der Waals surface area contributed by atoms with Gasteiger partial charge in [-0.15, -0.1) is 24.8 Å². The van der Waals surface area contributed by atoms with Gasteiger partial charge in [0.1, 0.15) is 5.82 Å². The van der Waals surface area contributed by atoms with Gasteiger partial charge < -0.3 is 5.32 Å². The first kappa shape index (κ1) is 19.1. The third-order valence-electron chi connectivity index (χ3n) is 3.31. The molecule has 1 aliphatic heterocycles. The van der Waals surface area contributed by atoms with Gasteiger partial charge in [-0.3, -0.25) is 4.90 Å². The zero-order chi connectivity index (χ0) is 12.3. The molecule has 1 fully saturated rings. The zero-order valence-corrected chi connectivity index (χ0v) is 14.1. The van der Waals surface area contributed by atoms with E-state index in [4.69, 9.17) is 0 Å². The summed E-state index contributed by atoms with van der Waals surface area (Å²) >= 11 is 3.26. The van der Waals surface area contributed by atoms with E-state index >= 15 is 0 Å². The van der Waals surface area contributed by atoms with E-state index in [2.05, 4.69) is 33.1 Å². The van der Waals surface area contributed by atoms with E-state index in [0.29, 0.717) is 10.5 Å². The van der Waals surface area contributed by atoms with Crippen LogP contribution in [0, 0.1) is 5.82 Å². The third-order valence-corrected chi connectivity index (χ3v) is 3.92. The van der Waals surface area contributed by atoms with Crippen LogP contribution >= 0.6 is 40.7 Å². The first-order valence-electron chi connectivity index (χ1n) is 6.12. The van der Waals surface area contributed by atoms with Crippen molar-refractivity contribution < 1.29 is 4.39 Å². The highest BCUT2D eigenvalue weighted by Gasteiger charge is 2.20. The van der Waals surface area contributed by atoms with Crippen molar-refractivity contribution in [2.24, 2.45) is 0 Å². The number of nitrogens with one attached hydrogen (secondary N) is 1. The molecule has 0 aromatic heterocycles. The Morgan fingerprint density at radius 3 is 2.47 bits per heavy atom. The SMILES string of the molecule is CC[C@@H](c1ccc(F)c(Br)c1)N1CCNCC1.Cl.Cl. The van der Waals surface area contributed by atoms with E-state index in [1.54, 1.807) is 6.07 Å². The molecule has 1 atom stereocenters. The lowest BCUT2D eigenvalue weighted by Gasteiger charge is -2.34. The molecule has 0 aliphatic carbocycles. The van der Waals surface area contributed by atoms with Crippen molar-refractivity contribution in [2.75, 3.05) is 26.2 Å². The molecule has 0 unspecified atom stereocenters. The molecule has 0 spiro atoms. The molecule has 0 radical (unpaired) electrons. The summed E-state index contributed by atoms with van der Waals surface area (Å²) in [5, 5.41) is 3.35. The standard InChI is InChI=1S/C13H18BrFN2.2ClH/c1-2-13(17-7-5-16-6-8-17)10-3-4-12(15)11(14)9-10;;/h3-4,9,13,16H,2,5-8H2,1H3;2*1H/t13-;;/m0../s1. The molecule has 1 N–H and O–H groups in total. The van der Waals surface area contributed by atoms with E-state index in [9.17, 15) is 4.39 Å². The lowest BCUT2D eigenvalue weighted by atomic mass is 10.0. The fourth-order valence-corrected chi connectivity index (χ4v) is 2.81.